The molecule has 182 valence electrons. The molecular formula is C26H24ClIN2O4S. The average molecular weight is 623 g/mol. The van der Waals surface area contributed by atoms with Crippen LogP contribution in [-0.2, 0) is 9.53 Å². The molecule has 0 amide bonds. The summed E-state index contributed by atoms with van der Waals surface area (Å²) in [5, 5.41) is 0.471. The third kappa shape index (κ3) is 5.24. The Hall–Kier alpha value is -2.43. The molecule has 0 fully saturated rings. The van der Waals surface area contributed by atoms with Crippen LogP contribution in [0.5, 0.6) is 5.75 Å². The van der Waals surface area contributed by atoms with E-state index in [2.05, 4.69) is 22.6 Å². The van der Waals surface area contributed by atoms with E-state index in [9.17, 15) is 9.59 Å². The van der Waals surface area contributed by atoms with Crippen molar-refractivity contribution in [1.82, 2.24) is 4.57 Å². The molecule has 2 heterocycles. The fraction of sp³-hybridized carbons (Fsp3) is 0.269. The molecule has 0 bridgehead atoms. The number of nitrogens with zero attached hydrogens (tertiary/aromatic N) is 2. The molecule has 9 heteroatoms. The second-order valence-electron chi connectivity index (χ2n) is 7.85. The first kappa shape index (κ1) is 25.7. The van der Waals surface area contributed by atoms with E-state index in [0.29, 0.717) is 43.4 Å². The van der Waals surface area contributed by atoms with Crippen LogP contribution >= 0.6 is 45.5 Å². The number of ether oxygens (including phenoxy) is 2. The number of esters is 1. The second-order valence-corrected chi connectivity index (χ2v) is 10.5. The molecule has 2 aromatic carbocycles. The number of halogens is 2. The van der Waals surface area contributed by atoms with Gasteiger partial charge in [0, 0.05) is 14.2 Å². The molecule has 1 atom stereocenters. The summed E-state index contributed by atoms with van der Waals surface area (Å²) in [5.74, 6) is 0.0183. The summed E-state index contributed by atoms with van der Waals surface area (Å²) in [7, 11) is 1.55. The van der Waals surface area contributed by atoms with Crippen molar-refractivity contribution < 1.29 is 14.3 Å². The van der Waals surface area contributed by atoms with Gasteiger partial charge in [0.25, 0.3) is 5.56 Å². The molecule has 1 aliphatic rings. The average Bonchev–Trinajstić information content (AvgIpc) is 3.13. The Morgan fingerprint density at radius 1 is 1.26 bits per heavy atom. The van der Waals surface area contributed by atoms with Crippen molar-refractivity contribution in [2.24, 2.45) is 4.99 Å². The van der Waals surface area contributed by atoms with Gasteiger partial charge in [0.2, 0.25) is 0 Å². The molecule has 1 aromatic heterocycles. The third-order valence-corrected chi connectivity index (χ3v) is 7.41. The molecule has 0 spiro atoms. The van der Waals surface area contributed by atoms with Gasteiger partial charge < -0.3 is 9.47 Å². The van der Waals surface area contributed by atoms with Gasteiger partial charge in [-0.1, -0.05) is 48.4 Å². The summed E-state index contributed by atoms with van der Waals surface area (Å²) in [4.78, 5) is 32.4. The van der Waals surface area contributed by atoms with Crippen molar-refractivity contribution in [2.75, 3.05) is 13.7 Å². The molecular weight excluding hydrogens is 599 g/mol. The number of fused-ring (bicyclic) bond motifs is 1. The number of benzene rings is 2. The van der Waals surface area contributed by atoms with E-state index in [1.54, 1.807) is 36.8 Å². The van der Waals surface area contributed by atoms with E-state index in [1.807, 2.05) is 37.3 Å². The van der Waals surface area contributed by atoms with Crippen molar-refractivity contribution in [3.8, 4) is 5.75 Å². The molecule has 3 aromatic rings. The van der Waals surface area contributed by atoms with Gasteiger partial charge in [0.1, 0.15) is 11.8 Å². The summed E-state index contributed by atoms with van der Waals surface area (Å²) in [5.41, 5.74) is 2.23. The number of methoxy groups -OCH3 is 1. The first-order chi connectivity index (χ1) is 16.9. The monoisotopic (exact) mass is 622 g/mol. The maximum Gasteiger partial charge on any atom is 0.338 e. The van der Waals surface area contributed by atoms with Crippen molar-refractivity contribution in [3.63, 3.8) is 0 Å². The van der Waals surface area contributed by atoms with Crippen LogP contribution in [-0.4, -0.2) is 24.3 Å². The molecule has 0 unspecified atom stereocenters. The Morgan fingerprint density at radius 2 is 2.06 bits per heavy atom. The second kappa shape index (κ2) is 11.1. The van der Waals surface area contributed by atoms with Crippen molar-refractivity contribution >= 4 is 57.6 Å². The van der Waals surface area contributed by atoms with Crippen LogP contribution < -0.4 is 19.6 Å². The zero-order valence-electron chi connectivity index (χ0n) is 19.5. The van der Waals surface area contributed by atoms with E-state index in [0.717, 1.165) is 15.6 Å². The van der Waals surface area contributed by atoms with E-state index in [-0.39, 0.29) is 12.2 Å². The minimum absolute atomic E-state index is 0.207. The zero-order valence-corrected chi connectivity index (χ0v) is 23.2. The SMILES string of the molecule is CCCC1=C(C(=O)OCC)[C@@H](c2cc(Cl)ccc2OC)n2c(s/c(=C/c3cccc(I)c3)c2=O)=N1. The number of aromatic nitrogens is 1. The number of allylic oxidation sites excluding steroid dienone is 1. The lowest BCUT2D eigenvalue weighted by Gasteiger charge is -2.27. The molecule has 4 rings (SSSR count). The minimum Gasteiger partial charge on any atom is -0.496 e. The molecule has 1 aliphatic heterocycles. The van der Waals surface area contributed by atoms with Crippen LogP contribution in [0.4, 0.5) is 0 Å². The van der Waals surface area contributed by atoms with Crippen molar-refractivity contribution in [2.45, 2.75) is 32.7 Å². The summed E-state index contributed by atoms with van der Waals surface area (Å²) < 4.78 is 14.2. The van der Waals surface area contributed by atoms with Crippen LogP contribution in [0.1, 0.15) is 43.9 Å². The minimum atomic E-state index is -0.779. The largest absolute Gasteiger partial charge is 0.496 e. The predicted molar refractivity (Wildman–Crippen MR) is 147 cm³/mol. The van der Waals surface area contributed by atoms with Crippen LogP contribution in [0.3, 0.4) is 0 Å². The summed E-state index contributed by atoms with van der Waals surface area (Å²) in [6, 6.07) is 12.3. The van der Waals surface area contributed by atoms with Crippen molar-refractivity contribution in [1.29, 1.82) is 0 Å². The van der Waals surface area contributed by atoms with Gasteiger partial charge in [-0.05, 0) is 77.9 Å². The van der Waals surface area contributed by atoms with E-state index < -0.39 is 12.0 Å². The number of carbonyl (C=O) groups is 1. The van der Waals surface area contributed by atoms with Gasteiger partial charge in [-0.3, -0.25) is 9.36 Å². The smallest absolute Gasteiger partial charge is 0.338 e. The van der Waals surface area contributed by atoms with Crippen LogP contribution in [0, 0.1) is 3.57 Å². The maximum absolute atomic E-state index is 13.8. The zero-order chi connectivity index (χ0) is 25.1. The van der Waals surface area contributed by atoms with Gasteiger partial charge in [-0.2, -0.15) is 0 Å². The molecule has 0 radical (unpaired) electrons. The highest BCUT2D eigenvalue weighted by molar-refractivity contribution is 14.1. The lowest BCUT2D eigenvalue weighted by Crippen LogP contribution is -2.40. The number of thiazole rings is 1. The van der Waals surface area contributed by atoms with Gasteiger partial charge in [0.15, 0.2) is 4.80 Å². The Labute approximate surface area is 225 Å². The van der Waals surface area contributed by atoms with E-state index >= 15 is 0 Å². The Bertz CT molecular complexity index is 1490. The van der Waals surface area contributed by atoms with Crippen LogP contribution in [0.25, 0.3) is 6.08 Å². The lowest BCUT2D eigenvalue weighted by molar-refractivity contribution is -0.139. The molecule has 6 nitrogen and oxygen atoms in total. The molecule has 0 saturated heterocycles. The highest BCUT2D eigenvalue weighted by Crippen LogP contribution is 2.38. The first-order valence-electron chi connectivity index (χ1n) is 11.2. The fourth-order valence-corrected chi connectivity index (χ4v) is 5.85. The number of hydrogen-bond donors (Lipinski definition) is 0. The van der Waals surface area contributed by atoms with Crippen LogP contribution in [0.2, 0.25) is 5.02 Å². The highest BCUT2D eigenvalue weighted by Gasteiger charge is 2.36. The summed E-state index contributed by atoms with van der Waals surface area (Å²) >= 11 is 9.91. The Balaban J connectivity index is 2.06. The Morgan fingerprint density at radius 3 is 2.74 bits per heavy atom. The van der Waals surface area contributed by atoms with E-state index in [1.165, 1.54) is 11.3 Å². The van der Waals surface area contributed by atoms with Gasteiger partial charge in [-0.15, -0.1) is 0 Å². The topological polar surface area (TPSA) is 69.9 Å². The van der Waals surface area contributed by atoms with E-state index in [4.69, 9.17) is 26.1 Å². The number of carbonyl (C=O) groups excluding carboxylic acids is 1. The third-order valence-electron chi connectivity index (χ3n) is 5.52. The maximum atomic E-state index is 13.8. The standard InChI is InChI=1S/C26H24ClIN2O4S/c1-4-7-19-22(25(32)34-5-2)23(18-14-16(27)10-11-20(18)33-3)30-24(31)21(35-26(30)29-19)13-15-8-6-9-17(28)12-15/h6,8-14,23H,4-5,7H2,1-3H3/b21-13+/t23-/m1/s1. The predicted octanol–water partition coefficient (Wildman–Crippen LogP) is 4.85. The number of hydrogen-bond acceptors (Lipinski definition) is 6. The number of rotatable bonds is 7. The van der Waals surface area contributed by atoms with Crippen LogP contribution in [0.15, 0.2) is 63.5 Å². The van der Waals surface area contributed by atoms with Gasteiger partial charge >= 0.3 is 5.97 Å². The molecule has 0 saturated carbocycles. The fourth-order valence-electron chi connectivity index (χ4n) is 4.08. The molecule has 0 aliphatic carbocycles. The lowest BCUT2D eigenvalue weighted by atomic mass is 9.93. The molecule has 35 heavy (non-hydrogen) atoms. The first-order valence-corrected chi connectivity index (χ1v) is 13.5. The summed E-state index contributed by atoms with van der Waals surface area (Å²) in [6.07, 6.45) is 3.19. The molecule has 0 N–H and O–H groups in total. The highest BCUT2D eigenvalue weighted by atomic mass is 127. The van der Waals surface area contributed by atoms with Gasteiger partial charge in [0.05, 0.1) is 29.5 Å². The Kier molecular flexibility index (Phi) is 8.13. The summed E-state index contributed by atoms with van der Waals surface area (Å²) in [6.45, 7) is 3.98. The van der Waals surface area contributed by atoms with Crippen molar-refractivity contribution in [3.05, 3.63) is 93.1 Å². The normalized spacial score (nSPS) is 15.6. The quantitative estimate of drug-likeness (QED) is 0.279. The van der Waals surface area contributed by atoms with Gasteiger partial charge in [-0.25, -0.2) is 9.79 Å².